The normalized spacial score (nSPS) is 18.8. The number of esters is 1. The Bertz CT molecular complexity index is 858. The summed E-state index contributed by atoms with van der Waals surface area (Å²) in [6, 6.07) is 15.3. The predicted molar refractivity (Wildman–Crippen MR) is 123 cm³/mol. The van der Waals surface area contributed by atoms with E-state index < -0.39 is 0 Å². The van der Waals surface area contributed by atoms with Crippen molar-refractivity contribution in [3.8, 4) is 11.1 Å². The largest absolute Gasteiger partial charge is 0.462 e. The molecule has 0 radical (unpaired) electrons. The van der Waals surface area contributed by atoms with Crippen molar-refractivity contribution in [2.24, 2.45) is 5.92 Å². The fourth-order valence-electron chi connectivity index (χ4n) is 4.33. The molecule has 1 N–H and O–H groups in total. The van der Waals surface area contributed by atoms with Gasteiger partial charge in [-0.1, -0.05) is 68.8 Å². The van der Waals surface area contributed by atoms with Crippen LogP contribution < -0.4 is 0 Å². The summed E-state index contributed by atoms with van der Waals surface area (Å²) in [6.45, 7) is 8.09. The molecule has 160 valence electrons. The zero-order valence-corrected chi connectivity index (χ0v) is 18.3. The van der Waals surface area contributed by atoms with Gasteiger partial charge in [0.2, 0.25) is 0 Å². The molecule has 1 saturated carbocycles. The Morgan fingerprint density at radius 2 is 1.77 bits per heavy atom. The second-order valence-corrected chi connectivity index (χ2v) is 8.71. The van der Waals surface area contributed by atoms with Crippen molar-refractivity contribution in [1.29, 1.82) is 0 Å². The van der Waals surface area contributed by atoms with Crippen molar-refractivity contribution in [2.75, 3.05) is 13.2 Å². The van der Waals surface area contributed by atoms with E-state index in [4.69, 9.17) is 4.74 Å². The number of benzene rings is 2. The smallest absolute Gasteiger partial charge is 0.333 e. The molecule has 0 atom stereocenters. The van der Waals surface area contributed by atoms with Gasteiger partial charge in [-0.3, -0.25) is 0 Å². The summed E-state index contributed by atoms with van der Waals surface area (Å²) < 4.78 is 5.32. The molecule has 2 aromatic carbocycles. The van der Waals surface area contributed by atoms with Crippen molar-refractivity contribution < 1.29 is 14.6 Å². The van der Waals surface area contributed by atoms with Crippen LogP contribution in [-0.4, -0.2) is 24.3 Å². The lowest BCUT2D eigenvalue weighted by Crippen LogP contribution is -2.10. The first-order valence-electron chi connectivity index (χ1n) is 11.1. The van der Waals surface area contributed by atoms with Crippen molar-refractivity contribution >= 4 is 5.97 Å². The first-order valence-corrected chi connectivity index (χ1v) is 11.1. The molecule has 1 aliphatic rings. The SMILES string of the molecule is C=C(C)C(=O)OCCc1cc(CCO)ccc1-c1ccc(C2CCC(C)CC2)cc1. The van der Waals surface area contributed by atoms with E-state index in [1.165, 1.54) is 36.8 Å². The van der Waals surface area contributed by atoms with Crippen LogP contribution in [0, 0.1) is 5.92 Å². The van der Waals surface area contributed by atoms with Gasteiger partial charge in [-0.15, -0.1) is 0 Å². The van der Waals surface area contributed by atoms with Crippen LogP contribution in [0.15, 0.2) is 54.6 Å². The van der Waals surface area contributed by atoms with Gasteiger partial charge >= 0.3 is 5.97 Å². The summed E-state index contributed by atoms with van der Waals surface area (Å²) in [5.41, 5.74) is 6.42. The highest BCUT2D eigenvalue weighted by Gasteiger charge is 2.19. The van der Waals surface area contributed by atoms with Crippen molar-refractivity contribution in [3.05, 3.63) is 71.3 Å². The Balaban J connectivity index is 1.77. The molecule has 0 aromatic heterocycles. The topological polar surface area (TPSA) is 46.5 Å². The Kier molecular flexibility index (Phi) is 7.87. The van der Waals surface area contributed by atoms with Crippen LogP contribution in [0.5, 0.6) is 0 Å². The van der Waals surface area contributed by atoms with Crippen LogP contribution >= 0.6 is 0 Å². The van der Waals surface area contributed by atoms with Gasteiger partial charge in [-0.2, -0.15) is 0 Å². The van der Waals surface area contributed by atoms with E-state index in [0.29, 0.717) is 30.9 Å². The zero-order valence-electron chi connectivity index (χ0n) is 18.3. The third-order valence-corrected chi connectivity index (χ3v) is 6.23. The Labute approximate surface area is 180 Å². The van der Waals surface area contributed by atoms with Crippen LogP contribution in [0.25, 0.3) is 11.1 Å². The third kappa shape index (κ3) is 5.82. The van der Waals surface area contributed by atoms with Crippen LogP contribution in [-0.2, 0) is 22.4 Å². The van der Waals surface area contributed by atoms with Crippen LogP contribution in [0.2, 0.25) is 0 Å². The number of carbonyl (C=O) groups excluding carboxylic acids is 1. The average molecular weight is 407 g/mol. The number of aliphatic hydroxyl groups excluding tert-OH is 1. The number of aliphatic hydroxyl groups is 1. The molecule has 1 aliphatic carbocycles. The Hall–Kier alpha value is -2.39. The molecule has 3 nitrogen and oxygen atoms in total. The Morgan fingerprint density at radius 3 is 2.40 bits per heavy atom. The van der Waals surface area contributed by atoms with Crippen molar-refractivity contribution in [3.63, 3.8) is 0 Å². The maximum Gasteiger partial charge on any atom is 0.333 e. The molecule has 0 aliphatic heterocycles. The summed E-state index contributed by atoms with van der Waals surface area (Å²) in [6.07, 6.45) is 6.48. The molecule has 0 spiro atoms. The molecule has 3 heteroatoms. The molecule has 0 saturated heterocycles. The number of ether oxygens (including phenoxy) is 1. The Morgan fingerprint density at radius 1 is 1.07 bits per heavy atom. The van der Waals surface area contributed by atoms with Gasteiger partial charge in [0, 0.05) is 18.6 Å². The minimum atomic E-state index is -0.353. The second kappa shape index (κ2) is 10.6. The monoisotopic (exact) mass is 406 g/mol. The third-order valence-electron chi connectivity index (χ3n) is 6.23. The van der Waals surface area contributed by atoms with Gasteiger partial charge in [0.25, 0.3) is 0 Å². The fraction of sp³-hybridized carbons (Fsp3) is 0.444. The highest BCUT2D eigenvalue weighted by atomic mass is 16.5. The summed E-state index contributed by atoms with van der Waals surface area (Å²) >= 11 is 0. The van der Waals surface area contributed by atoms with E-state index >= 15 is 0 Å². The lowest BCUT2D eigenvalue weighted by molar-refractivity contribution is -0.138. The van der Waals surface area contributed by atoms with E-state index in [1.807, 2.05) is 0 Å². The lowest BCUT2D eigenvalue weighted by atomic mass is 9.79. The van der Waals surface area contributed by atoms with Crippen molar-refractivity contribution in [1.82, 2.24) is 0 Å². The quantitative estimate of drug-likeness (QED) is 0.442. The van der Waals surface area contributed by atoms with E-state index in [0.717, 1.165) is 22.6 Å². The lowest BCUT2D eigenvalue weighted by Gasteiger charge is -2.26. The van der Waals surface area contributed by atoms with E-state index in [2.05, 4.69) is 56.0 Å². The van der Waals surface area contributed by atoms with Gasteiger partial charge in [0.15, 0.2) is 0 Å². The van der Waals surface area contributed by atoms with E-state index in [1.54, 1.807) is 6.92 Å². The minimum absolute atomic E-state index is 0.123. The number of hydrogen-bond donors (Lipinski definition) is 1. The highest BCUT2D eigenvalue weighted by Crippen LogP contribution is 2.36. The van der Waals surface area contributed by atoms with Gasteiger partial charge in [-0.05, 0) is 65.8 Å². The van der Waals surface area contributed by atoms with Gasteiger partial charge < -0.3 is 9.84 Å². The van der Waals surface area contributed by atoms with Crippen molar-refractivity contribution in [2.45, 2.75) is 58.3 Å². The van der Waals surface area contributed by atoms with Crippen LogP contribution in [0.1, 0.15) is 62.1 Å². The number of carbonyl (C=O) groups is 1. The average Bonchev–Trinajstić information content (AvgIpc) is 2.75. The van der Waals surface area contributed by atoms with Gasteiger partial charge in [0.05, 0.1) is 6.61 Å². The maximum atomic E-state index is 11.7. The minimum Gasteiger partial charge on any atom is -0.462 e. The molecule has 0 unspecified atom stereocenters. The molecular formula is C27H34O3. The molecule has 0 heterocycles. The predicted octanol–water partition coefficient (Wildman–Crippen LogP) is 5.84. The standard InChI is InChI=1S/C27H34O3/c1-19(2)27(29)30-17-15-25-18-21(14-16-28)6-13-26(25)24-11-9-23(10-12-24)22-7-4-20(3)5-8-22/h6,9-13,18,20,22,28H,1,4-5,7-8,14-17H2,2-3H3. The van der Waals surface area contributed by atoms with Crippen LogP contribution in [0.3, 0.4) is 0 Å². The zero-order chi connectivity index (χ0) is 21.5. The highest BCUT2D eigenvalue weighted by molar-refractivity contribution is 5.86. The second-order valence-electron chi connectivity index (χ2n) is 8.71. The van der Waals surface area contributed by atoms with E-state index in [-0.39, 0.29) is 12.6 Å². The van der Waals surface area contributed by atoms with Crippen LogP contribution in [0.4, 0.5) is 0 Å². The first-order chi connectivity index (χ1) is 14.5. The molecular weight excluding hydrogens is 372 g/mol. The van der Waals surface area contributed by atoms with E-state index in [9.17, 15) is 9.90 Å². The number of rotatable bonds is 8. The molecule has 3 rings (SSSR count). The van der Waals surface area contributed by atoms with Gasteiger partial charge in [-0.25, -0.2) is 4.79 Å². The molecule has 0 bridgehead atoms. The summed E-state index contributed by atoms with van der Waals surface area (Å²) in [4.78, 5) is 11.7. The maximum absolute atomic E-state index is 11.7. The summed E-state index contributed by atoms with van der Waals surface area (Å²) in [7, 11) is 0. The van der Waals surface area contributed by atoms with Gasteiger partial charge in [0.1, 0.15) is 0 Å². The molecule has 0 amide bonds. The summed E-state index contributed by atoms with van der Waals surface area (Å²) in [5, 5.41) is 9.30. The number of hydrogen-bond acceptors (Lipinski definition) is 3. The first kappa shape index (κ1) is 22.3. The molecule has 1 fully saturated rings. The molecule has 30 heavy (non-hydrogen) atoms. The fourth-order valence-corrected chi connectivity index (χ4v) is 4.33. The molecule has 2 aromatic rings. The summed E-state index contributed by atoms with van der Waals surface area (Å²) in [5.74, 6) is 1.19.